The van der Waals surface area contributed by atoms with Crippen LogP contribution in [0.25, 0.3) is 11.3 Å². The number of rotatable bonds is 4. The van der Waals surface area contributed by atoms with Crippen LogP contribution in [0, 0.1) is 18.3 Å². The number of halogens is 4. The molecule has 0 saturated heterocycles. The lowest BCUT2D eigenvalue weighted by Crippen LogP contribution is -2.16. The number of alkyl halides is 3. The molecule has 0 fully saturated rings. The molecule has 0 aliphatic heterocycles. The lowest BCUT2D eigenvalue weighted by Gasteiger charge is -2.12. The SMILES string of the molecule is Cc1c(C(F)(F)F)ccc(C=NNc2nc(-c3ccccc3)c(C#N)c(=O)[nH]2)c1Cl. The van der Waals surface area contributed by atoms with Crippen molar-refractivity contribution in [3.8, 4) is 17.3 Å². The minimum Gasteiger partial charge on any atom is -0.290 e. The molecule has 152 valence electrons. The van der Waals surface area contributed by atoms with Gasteiger partial charge < -0.3 is 0 Å². The molecule has 0 saturated carbocycles. The Kier molecular flexibility index (Phi) is 5.89. The normalized spacial score (nSPS) is 11.5. The Balaban J connectivity index is 1.91. The third kappa shape index (κ3) is 4.34. The number of H-pyrrole nitrogens is 1. The summed E-state index contributed by atoms with van der Waals surface area (Å²) in [4.78, 5) is 18.8. The van der Waals surface area contributed by atoms with Crippen molar-refractivity contribution < 1.29 is 13.2 Å². The summed E-state index contributed by atoms with van der Waals surface area (Å²) in [5.74, 6) is -0.0474. The summed E-state index contributed by atoms with van der Waals surface area (Å²) in [6, 6.07) is 12.6. The molecule has 1 aromatic heterocycles. The number of aromatic nitrogens is 2. The van der Waals surface area contributed by atoms with E-state index in [1.54, 1.807) is 30.3 Å². The summed E-state index contributed by atoms with van der Waals surface area (Å²) in [6.07, 6.45) is -3.31. The number of nitrogens with one attached hydrogen (secondary N) is 2. The minimum absolute atomic E-state index is 0.0474. The Hall–Kier alpha value is -3.64. The highest BCUT2D eigenvalue weighted by Crippen LogP contribution is 2.35. The first-order valence-electron chi connectivity index (χ1n) is 8.47. The molecule has 0 unspecified atom stereocenters. The van der Waals surface area contributed by atoms with Crippen LogP contribution in [0.1, 0.15) is 22.3 Å². The first-order valence-corrected chi connectivity index (χ1v) is 8.85. The summed E-state index contributed by atoms with van der Waals surface area (Å²) in [5, 5.41) is 13.0. The topological polar surface area (TPSA) is 93.9 Å². The Bertz CT molecular complexity index is 1210. The van der Waals surface area contributed by atoms with Gasteiger partial charge in [-0.25, -0.2) is 10.4 Å². The molecule has 2 aromatic carbocycles. The van der Waals surface area contributed by atoms with Crippen LogP contribution in [0.2, 0.25) is 5.02 Å². The molecule has 0 aliphatic carbocycles. The molecule has 0 spiro atoms. The zero-order valence-electron chi connectivity index (χ0n) is 15.4. The van der Waals surface area contributed by atoms with E-state index in [1.807, 2.05) is 6.07 Å². The summed E-state index contributed by atoms with van der Waals surface area (Å²) < 4.78 is 38.8. The second kappa shape index (κ2) is 8.39. The highest BCUT2D eigenvalue weighted by molar-refractivity contribution is 6.34. The molecule has 3 aromatic rings. The van der Waals surface area contributed by atoms with Crippen LogP contribution in [0.15, 0.2) is 52.4 Å². The van der Waals surface area contributed by atoms with Gasteiger partial charge in [-0.15, -0.1) is 0 Å². The van der Waals surface area contributed by atoms with Crippen LogP contribution in [0.4, 0.5) is 19.1 Å². The molecule has 0 bridgehead atoms. The minimum atomic E-state index is -4.51. The van der Waals surface area contributed by atoms with Gasteiger partial charge in [0.2, 0.25) is 5.95 Å². The van der Waals surface area contributed by atoms with Crippen molar-refractivity contribution in [1.29, 1.82) is 5.26 Å². The van der Waals surface area contributed by atoms with E-state index < -0.39 is 17.3 Å². The van der Waals surface area contributed by atoms with Crippen molar-refractivity contribution in [2.45, 2.75) is 13.1 Å². The Morgan fingerprint density at radius 3 is 2.57 bits per heavy atom. The van der Waals surface area contributed by atoms with E-state index in [0.717, 1.165) is 6.07 Å². The Morgan fingerprint density at radius 2 is 1.93 bits per heavy atom. The van der Waals surface area contributed by atoms with Gasteiger partial charge >= 0.3 is 6.18 Å². The van der Waals surface area contributed by atoms with Crippen molar-refractivity contribution in [2.24, 2.45) is 5.10 Å². The largest absolute Gasteiger partial charge is 0.416 e. The summed E-state index contributed by atoms with van der Waals surface area (Å²) >= 11 is 6.03. The van der Waals surface area contributed by atoms with Gasteiger partial charge in [-0.2, -0.15) is 23.5 Å². The van der Waals surface area contributed by atoms with Crippen molar-refractivity contribution in [3.05, 3.63) is 80.1 Å². The van der Waals surface area contributed by atoms with E-state index in [-0.39, 0.29) is 33.4 Å². The number of nitriles is 1. The molecule has 2 N–H and O–H groups in total. The summed E-state index contributed by atoms with van der Waals surface area (Å²) in [6.45, 7) is 1.27. The van der Waals surface area contributed by atoms with Crippen LogP contribution in [-0.2, 0) is 6.18 Å². The van der Waals surface area contributed by atoms with Gasteiger partial charge in [0.1, 0.15) is 11.6 Å². The maximum atomic E-state index is 12.9. The van der Waals surface area contributed by atoms with Crippen LogP contribution in [0.3, 0.4) is 0 Å². The standard InChI is InChI=1S/C20H13ClF3N5O/c1-11-15(20(22,23)24)8-7-13(16(11)21)10-26-29-19-27-17(12-5-3-2-4-6-12)14(9-25)18(30)28-19/h2-8,10H,1H3,(H2,27,28,29,30). The first-order chi connectivity index (χ1) is 14.2. The average Bonchev–Trinajstić information content (AvgIpc) is 2.70. The van der Waals surface area contributed by atoms with Crippen LogP contribution in [0.5, 0.6) is 0 Å². The molecule has 1 heterocycles. The third-order valence-corrected chi connectivity index (χ3v) is 4.68. The number of nitrogens with zero attached hydrogens (tertiary/aromatic N) is 3. The van der Waals surface area contributed by atoms with E-state index in [4.69, 9.17) is 11.6 Å². The second-order valence-electron chi connectivity index (χ2n) is 6.13. The van der Waals surface area contributed by atoms with Crippen molar-refractivity contribution in [3.63, 3.8) is 0 Å². The van der Waals surface area contributed by atoms with Crippen LogP contribution in [-0.4, -0.2) is 16.2 Å². The number of anilines is 1. The zero-order chi connectivity index (χ0) is 21.9. The Morgan fingerprint density at radius 1 is 1.23 bits per heavy atom. The van der Waals surface area contributed by atoms with Gasteiger partial charge in [0.05, 0.1) is 22.5 Å². The molecular weight excluding hydrogens is 419 g/mol. The van der Waals surface area contributed by atoms with E-state index in [2.05, 4.69) is 20.5 Å². The van der Waals surface area contributed by atoms with Crippen molar-refractivity contribution in [2.75, 3.05) is 5.43 Å². The van der Waals surface area contributed by atoms with Gasteiger partial charge in [0.25, 0.3) is 5.56 Å². The summed E-state index contributed by atoms with van der Waals surface area (Å²) in [7, 11) is 0. The number of hydrogen-bond acceptors (Lipinski definition) is 5. The summed E-state index contributed by atoms with van der Waals surface area (Å²) in [5.41, 5.74) is 1.71. The quantitative estimate of drug-likeness (QED) is 0.461. The van der Waals surface area contributed by atoms with E-state index in [9.17, 15) is 23.2 Å². The zero-order valence-corrected chi connectivity index (χ0v) is 16.1. The molecular formula is C20H13ClF3N5O. The number of aromatic amines is 1. The van der Waals surface area contributed by atoms with E-state index in [0.29, 0.717) is 5.56 Å². The number of benzene rings is 2. The van der Waals surface area contributed by atoms with Crippen LogP contribution >= 0.6 is 11.6 Å². The lowest BCUT2D eigenvalue weighted by atomic mass is 10.1. The van der Waals surface area contributed by atoms with Gasteiger partial charge in [-0.1, -0.05) is 48.0 Å². The Labute approximate surface area is 173 Å². The predicted molar refractivity (Wildman–Crippen MR) is 107 cm³/mol. The lowest BCUT2D eigenvalue weighted by molar-refractivity contribution is -0.138. The van der Waals surface area contributed by atoms with E-state index in [1.165, 1.54) is 19.2 Å². The average molecular weight is 432 g/mol. The molecule has 0 amide bonds. The monoisotopic (exact) mass is 431 g/mol. The number of hydrazone groups is 1. The first kappa shape index (κ1) is 21.1. The molecule has 10 heteroatoms. The van der Waals surface area contributed by atoms with E-state index >= 15 is 0 Å². The predicted octanol–water partition coefficient (Wildman–Crippen LogP) is 4.74. The number of hydrogen-bond donors (Lipinski definition) is 2. The molecule has 30 heavy (non-hydrogen) atoms. The fourth-order valence-corrected chi connectivity index (χ4v) is 2.92. The van der Waals surface area contributed by atoms with Crippen molar-refractivity contribution >= 4 is 23.8 Å². The highest BCUT2D eigenvalue weighted by Gasteiger charge is 2.33. The molecule has 0 aliphatic rings. The smallest absolute Gasteiger partial charge is 0.290 e. The van der Waals surface area contributed by atoms with Gasteiger partial charge in [0, 0.05) is 11.1 Å². The maximum absolute atomic E-state index is 12.9. The second-order valence-corrected chi connectivity index (χ2v) is 6.50. The highest BCUT2D eigenvalue weighted by atomic mass is 35.5. The molecule has 3 rings (SSSR count). The van der Waals surface area contributed by atoms with Gasteiger partial charge in [-0.3, -0.25) is 9.78 Å². The maximum Gasteiger partial charge on any atom is 0.416 e. The molecule has 0 atom stereocenters. The molecule has 6 nitrogen and oxygen atoms in total. The fourth-order valence-electron chi connectivity index (χ4n) is 2.71. The van der Waals surface area contributed by atoms with Gasteiger partial charge in [0.15, 0.2) is 0 Å². The molecule has 0 radical (unpaired) electrons. The third-order valence-electron chi connectivity index (χ3n) is 4.17. The fraction of sp³-hybridized carbons (Fsp3) is 0.100. The van der Waals surface area contributed by atoms with Gasteiger partial charge in [-0.05, 0) is 18.6 Å². The van der Waals surface area contributed by atoms with Crippen LogP contribution < -0.4 is 11.0 Å². The van der Waals surface area contributed by atoms with Crippen molar-refractivity contribution in [1.82, 2.24) is 9.97 Å².